The van der Waals surface area contributed by atoms with E-state index in [1.165, 1.54) is 0 Å². The number of rotatable bonds is 2. The molecule has 0 unspecified atom stereocenters. The Labute approximate surface area is 482 Å². The van der Waals surface area contributed by atoms with Crippen LogP contribution in [-0.4, -0.2) is 117 Å². The molecule has 342 valence electrons. The zero-order valence-electron chi connectivity index (χ0n) is 37.4. The van der Waals surface area contributed by atoms with Gasteiger partial charge in [0.2, 0.25) is 0 Å². The molecule has 0 N–H and O–H groups in total. The molecule has 0 radical (unpaired) electrons. The van der Waals surface area contributed by atoms with Crippen LogP contribution < -0.4 is 18.9 Å². The number of benzene rings is 4. The van der Waals surface area contributed by atoms with Gasteiger partial charge in [0.25, 0.3) is 0 Å². The molecule has 0 saturated carbocycles. The standard InChI is InChI=1S/C48H46N4O10S2.4Y/c53-45-49-31-37-38-32-50-46(54)52-34-40-39(33-51(45)48(52,36-9-5-2-6-10-36)47(49,50)35-7-3-1-4-8-35)43-13-14-44(40)62-22-18-58-26-30-64-28-24-56-16-20-60-42(38)12-11-41(37)59-19-15-55-23-27-63-29-25-57-17-21-61-43;;;;/h1-14H,19-34H2;;;;/t47-,48+;;;;. The second kappa shape index (κ2) is 22.7. The Bertz CT molecular complexity index is 2340. The fraction of sp³-hybridized carbons (Fsp3) is 0.375. The van der Waals surface area contributed by atoms with Crippen molar-refractivity contribution in [3.63, 3.8) is 0 Å². The fourth-order valence-corrected chi connectivity index (χ4v) is 13.2. The van der Waals surface area contributed by atoms with E-state index in [0.29, 0.717) is 49.4 Å². The zero-order chi connectivity index (χ0) is 46.8. The van der Waals surface area contributed by atoms with Crippen LogP contribution in [0.2, 0.25) is 0 Å². The van der Waals surface area contributed by atoms with E-state index in [1.54, 1.807) is 23.5 Å². The summed E-state index contributed by atoms with van der Waals surface area (Å²) in [7, 11) is 0. The number of hydrogen-bond acceptors (Lipinski definition) is 12. The van der Waals surface area contributed by atoms with E-state index in [-0.39, 0.29) is 64.7 Å². The summed E-state index contributed by atoms with van der Waals surface area (Å²) in [4.78, 5) is 40.3. The molecule has 8 bridgehead atoms. The molecule has 14 nitrogen and oxygen atoms in total. The van der Waals surface area contributed by atoms with Crippen molar-refractivity contribution < 1.29 is 169 Å². The van der Waals surface area contributed by atoms with Gasteiger partial charge < -0.3 is 0 Å². The van der Waals surface area contributed by atoms with Gasteiger partial charge in [-0.3, -0.25) is 0 Å². The molecule has 6 aliphatic rings. The molecule has 6 aliphatic heterocycles. The molecule has 0 spiro atoms. The Balaban J connectivity index is 1.22. The van der Waals surface area contributed by atoms with Crippen LogP contribution in [0.15, 0.2) is 84.9 Å². The quantitative estimate of drug-likeness (QED) is 0.257. The molecular weight excluding hydrogens is 1210 g/mol. The molecule has 0 aromatic heterocycles. The van der Waals surface area contributed by atoms with Crippen LogP contribution in [0.1, 0.15) is 33.4 Å². The van der Waals surface area contributed by atoms with E-state index in [2.05, 4.69) is 0 Å². The first-order chi connectivity index (χ1) is 33.2. The Kier molecular flexibility index (Phi) is 16.9. The van der Waals surface area contributed by atoms with Crippen molar-refractivity contribution in [1.82, 2.24) is 19.6 Å². The van der Waals surface area contributed by atoms with Crippen molar-refractivity contribution in [1.29, 1.82) is 0 Å². The summed E-state index contributed by atoms with van der Waals surface area (Å²) in [5, 5.41) is 0. The van der Waals surface area contributed by atoms with E-state index in [9.17, 15) is 0 Å². The molecule has 68 heavy (non-hydrogen) atoms. The Morgan fingerprint density at radius 1 is 0.382 bits per heavy atom. The average molecular weight is 1260 g/mol. The Morgan fingerprint density at radius 3 is 0.912 bits per heavy atom. The number of amides is 4. The molecule has 2 fully saturated rings. The van der Waals surface area contributed by atoms with E-state index in [1.807, 2.05) is 105 Å². The first-order valence-electron chi connectivity index (χ1n) is 22.4. The van der Waals surface area contributed by atoms with E-state index < -0.39 is 11.3 Å². The topological polar surface area (TPSA) is 121 Å². The van der Waals surface area contributed by atoms with Gasteiger partial charge in [-0.25, -0.2) is 0 Å². The summed E-state index contributed by atoms with van der Waals surface area (Å²) in [6, 6.07) is 27.3. The molecule has 0 atom stereocenters. The van der Waals surface area contributed by atoms with Gasteiger partial charge in [-0.1, -0.05) is 0 Å². The maximum absolute atomic E-state index is 16.3. The van der Waals surface area contributed by atoms with Crippen molar-refractivity contribution >= 4 is 45.5 Å². The number of carbonyl (C=O) groups is 2. The summed E-state index contributed by atoms with van der Waals surface area (Å²) in [5.74, 6) is 5.68. The van der Waals surface area contributed by atoms with Crippen LogP contribution in [0.4, 0.5) is 9.59 Å². The monoisotopic (exact) mass is 1260 g/mol. The van der Waals surface area contributed by atoms with Crippen LogP contribution in [0.5, 0.6) is 23.0 Å². The number of urea groups is 2. The van der Waals surface area contributed by atoms with Crippen molar-refractivity contribution in [3.05, 3.63) is 118 Å². The molecular formula is C48H46N4O10S2Y4. The summed E-state index contributed by atoms with van der Waals surface area (Å²) in [5.41, 5.74) is 1.88. The summed E-state index contributed by atoms with van der Waals surface area (Å²) in [6.07, 6.45) is 0. The first kappa shape index (κ1) is 50.6. The second-order valence-electron chi connectivity index (χ2n) is 16.7. The summed E-state index contributed by atoms with van der Waals surface area (Å²) < 4.78 is 55.3. The predicted octanol–water partition coefficient (Wildman–Crippen LogP) is 5.38. The number of thioether (sulfide) groups is 2. The van der Waals surface area contributed by atoms with E-state index >= 15 is 9.59 Å². The predicted molar refractivity (Wildman–Crippen MR) is 243 cm³/mol. The number of ether oxygens (including phenoxy) is 8. The summed E-state index contributed by atoms with van der Waals surface area (Å²) >= 11 is 6.58. The summed E-state index contributed by atoms with van der Waals surface area (Å²) in [6.45, 7) is 3.72. The van der Waals surface area contributed by atoms with E-state index in [0.717, 1.165) is 188 Å². The van der Waals surface area contributed by atoms with Gasteiger partial charge in [0, 0.05) is 0 Å². The van der Waals surface area contributed by atoms with Crippen LogP contribution in [0.3, 0.4) is 0 Å². The van der Waals surface area contributed by atoms with Gasteiger partial charge in [0.1, 0.15) is 0 Å². The number of nitrogens with zero attached hydrogens (tertiary/aromatic N) is 4. The molecule has 4 aromatic carbocycles. The zero-order valence-corrected chi connectivity index (χ0v) is 50.4. The van der Waals surface area contributed by atoms with Crippen molar-refractivity contribution in [2.45, 2.75) is 37.5 Å². The molecule has 0 aliphatic carbocycles. The average Bonchev–Trinajstić information content (AvgIpc) is 3.49. The Hall–Kier alpha value is -0.944. The molecule has 6 heterocycles. The SMILES string of the molecule is O=C1N2Cc3c4ccc5c3CN3C(=O)N6Cc7c(ccc(c7CN1[C@]6(c1ccccc1)[C@]23c1ccccc1)OC[C](=[Y])OCCSCCO[C](=[Y])CO4)OC[C](=[Y])OCCSCCO[C](=[Y])CO5. The van der Waals surface area contributed by atoms with Crippen molar-refractivity contribution in [2.75, 3.05) is 75.9 Å². The third kappa shape index (κ3) is 9.68. The molecule has 20 heteroatoms. The van der Waals surface area contributed by atoms with E-state index in [4.69, 9.17) is 37.9 Å². The Morgan fingerprint density at radius 2 is 0.647 bits per heavy atom. The molecule has 4 amide bonds. The van der Waals surface area contributed by atoms with Gasteiger partial charge >= 0.3 is 489 Å². The third-order valence-corrected chi connectivity index (χ3v) is 17.9. The van der Waals surface area contributed by atoms with Crippen LogP contribution in [0, 0.1) is 0 Å². The van der Waals surface area contributed by atoms with Crippen LogP contribution >= 0.6 is 23.5 Å². The molecule has 2 saturated heterocycles. The number of hydrogen-bond donors (Lipinski definition) is 0. The minimum atomic E-state index is -1.41. The second-order valence-corrected chi connectivity index (χ2v) is 25.4. The minimum absolute atomic E-state index is 0.115. The normalized spacial score (nSPS) is 24.2. The van der Waals surface area contributed by atoms with Crippen molar-refractivity contribution in [3.8, 4) is 23.0 Å². The molecule has 10 rings (SSSR count). The van der Waals surface area contributed by atoms with Crippen LogP contribution in [0.25, 0.3) is 0 Å². The van der Waals surface area contributed by atoms with Gasteiger partial charge in [0.05, 0.1) is 0 Å². The van der Waals surface area contributed by atoms with Crippen molar-refractivity contribution in [2.24, 2.45) is 0 Å². The maximum atomic E-state index is 16.3. The number of carbonyl (C=O) groups excluding carboxylic acids is 2. The van der Waals surface area contributed by atoms with Gasteiger partial charge in [-0.2, -0.15) is 0 Å². The van der Waals surface area contributed by atoms with Gasteiger partial charge in [0.15, 0.2) is 0 Å². The van der Waals surface area contributed by atoms with Gasteiger partial charge in [-0.05, 0) is 0 Å². The third-order valence-electron chi connectivity index (χ3n) is 12.8. The van der Waals surface area contributed by atoms with Gasteiger partial charge in [-0.15, -0.1) is 0 Å². The fourth-order valence-electron chi connectivity index (χ4n) is 10.0. The first-order valence-corrected chi connectivity index (χ1v) is 30.4. The van der Waals surface area contributed by atoms with Crippen LogP contribution in [-0.2, 0) is 178 Å². The molecule has 4 aromatic rings.